The summed E-state index contributed by atoms with van der Waals surface area (Å²) >= 11 is 1.57. The zero-order valence-corrected chi connectivity index (χ0v) is 18.3. The molecule has 2 aromatic heterocycles. The number of nitro benzene ring substituents is 1. The lowest BCUT2D eigenvalue weighted by molar-refractivity contribution is -0.384. The van der Waals surface area contributed by atoms with Gasteiger partial charge in [0, 0.05) is 35.9 Å². The first-order chi connectivity index (χ1) is 15.5. The molecule has 0 radical (unpaired) electrons. The summed E-state index contributed by atoms with van der Waals surface area (Å²) in [4.78, 5) is 22.1. The van der Waals surface area contributed by atoms with E-state index in [1.54, 1.807) is 30.6 Å². The summed E-state index contributed by atoms with van der Waals surface area (Å²) in [6, 6.07) is 18.2. The van der Waals surface area contributed by atoms with Gasteiger partial charge in [-0.15, -0.1) is 11.3 Å². The molecule has 7 nitrogen and oxygen atoms in total. The fourth-order valence-corrected chi connectivity index (χ4v) is 5.13. The van der Waals surface area contributed by atoms with Gasteiger partial charge in [0.2, 0.25) is 5.90 Å². The van der Waals surface area contributed by atoms with E-state index in [9.17, 15) is 10.1 Å². The second kappa shape index (κ2) is 8.14. The Kier molecular flexibility index (Phi) is 5.16. The number of benzene rings is 2. The van der Waals surface area contributed by atoms with Gasteiger partial charge in [-0.05, 0) is 36.2 Å². The predicted molar refractivity (Wildman–Crippen MR) is 124 cm³/mol. The first-order valence-electron chi connectivity index (χ1n) is 10.0. The summed E-state index contributed by atoms with van der Waals surface area (Å²) in [7, 11) is 1.67. The van der Waals surface area contributed by atoms with Crippen LogP contribution in [0, 0.1) is 17.0 Å². The summed E-state index contributed by atoms with van der Waals surface area (Å²) in [6.45, 7) is 2.41. The highest BCUT2D eigenvalue weighted by molar-refractivity contribution is 7.19. The van der Waals surface area contributed by atoms with Gasteiger partial charge >= 0.3 is 0 Å². The van der Waals surface area contributed by atoms with Crippen molar-refractivity contribution in [2.45, 2.75) is 19.6 Å². The van der Waals surface area contributed by atoms with Crippen LogP contribution in [-0.2, 0) is 16.1 Å². The van der Waals surface area contributed by atoms with Crippen LogP contribution in [0.25, 0.3) is 10.2 Å². The standard InChI is InChI=1S/C24H19N3O4S/c1-14-12-17(13-30-2)19-20-22(32-24(19)25-14)21(15-6-4-3-5-7-15)31-23(26-20)16-8-10-18(11-9-16)27(28)29/h3-12,21H,13H2,1-2H3/t21-/m1/s1. The Morgan fingerprint density at radius 3 is 2.59 bits per heavy atom. The number of hydrogen-bond donors (Lipinski definition) is 0. The summed E-state index contributed by atoms with van der Waals surface area (Å²) < 4.78 is 11.8. The molecule has 0 unspecified atom stereocenters. The fourth-order valence-electron chi connectivity index (χ4n) is 3.87. The maximum atomic E-state index is 11.1. The largest absolute Gasteiger partial charge is 0.463 e. The fraction of sp³-hybridized carbons (Fsp3) is 0.167. The Labute approximate surface area is 188 Å². The van der Waals surface area contributed by atoms with Crippen molar-refractivity contribution in [1.29, 1.82) is 0 Å². The highest BCUT2D eigenvalue weighted by Crippen LogP contribution is 2.48. The molecule has 160 valence electrons. The molecule has 1 aliphatic rings. The molecule has 8 heteroatoms. The van der Waals surface area contributed by atoms with E-state index < -0.39 is 4.92 Å². The van der Waals surface area contributed by atoms with Crippen molar-refractivity contribution < 1.29 is 14.4 Å². The number of thiophene rings is 1. The molecule has 3 heterocycles. The van der Waals surface area contributed by atoms with Crippen molar-refractivity contribution in [3.63, 3.8) is 0 Å². The summed E-state index contributed by atoms with van der Waals surface area (Å²) in [6.07, 6.45) is -0.358. The summed E-state index contributed by atoms with van der Waals surface area (Å²) in [5.41, 5.74) is 4.45. The Morgan fingerprint density at radius 2 is 1.91 bits per heavy atom. The van der Waals surface area contributed by atoms with Crippen LogP contribution in [0.4, 0.5) is 11.4 Å². The van der Waals surface area contributed by atoms with Crippen molar-refractivity contribution in [3.05, 3.63) is 98.0 Å². The number of non-ortho nitro benzene ring substituents is 1. The molecule has 1 atom stereocenters. The molecule has 0 aliphatic carbocycles. The average Bonchev–Trinajstić information content (AvgIpc) is 3.17. The molecule has 2 aromatic carbocycles. The van der Waals surface area contributed by atoms with Gasteiger partial charge in [0.25, 0.3) is 5.69 Å². The van der Waals surface area contributed by atoms with Crippen molar-refractivity contribution in [2.24, 2.45) is 4.99 Å². The second-order valence-electron chi connectivity index (χ2n) is 7.48. The number of aryl methyl sites for hydroxylation is 1. The van der Waals surface area contributed by atoms with E-state index in [1.165, 1.54) is 12.1 Å². The number of methoxy groups -OCH3 is 1. The molecule has 0 bridgehead atoms. The van der Waals surface area contributed by atoms with Gasteiger partial charge < -0.3 is 9.47 Å². The zero-order chi connectivity index (χ0) is 22.2. The molecule has 32 heavy (non-hydrogen) atoms. The minimum atomic E-state index is -0.421. The third-order valence-electron chi connectivity index (χ3n) is 5.28. The van der Waals surface area contributed by atoms with Crippen molar-refractivity contribution in [3.8, 4) is 0 Å². The van der Waals surface area contributed by atoms with E-state index in [0.29, 0.717) is 18.1 Å². The lowest BCUT2D eigenvalue weighted by Crippen LogP contribution is -2.16. The Bertz CT molecular complexity index is 1350. The van der Waals surface area contributed by atoms with Gasteiger partial charge in [0.15, 0.2) is 6.10 Å². The minimum Gasteiger partial charge on any atom is -0.463 e. The quantitative estimate of drug-likeness (QED) is 0.284. The summed E-state index contributed by atoms with van der Waals surface area (Å²) in [5.74, 6) is 0.421. The topological polar surface area (TPSA) is 86.9 Å². The van der Waals surface area contributed by atoms with Crippen LogP contribution in [0.2, 0.25) is 0 Å². The van der Waals surface area contributed by atoms with Crippen molar-refractivity contribution in [2.75, 3.05) is 7.11 Å². The SMILES string of the molecule is COCc1cc(C)nc2sc3c(c12)N=C(c1ccc([N+](=O)[O-])cc1)O[C@@H]3c1ccccc1. The van der Waals surface area contributed by atoms with Gasteiger partial charge in [-0.25, -0.2) is 9.98 Å². The lowest BCUT2D eigenvalue weighted by atomic mass is 10.0. The van der Waals surface area contributed by atoms with Gasteiger partial charge in [0.1, 0.15) is 4.83 Å². The van der Waals surface area contributed by atoms with Crippen molar-refractivity contribution in [1.82, 2.24) is 4.98 Å². The number of hydrogen-bond acceptors (Lipinski definition) is 7. The molecule has 5 rings (SSSR count). The van der Waals surface area contributed by atoms with E-state index >= 15 is 0 Å². The van der Waals surface area contributed by atoms with Crippen LogP contribution in [0.15, 0.2) is 65.7 Å². The maximum Gasteiger partial charge on any atom is 0.269 e. The molecular weight excluding hydrogens is 426 g/mol. The normalized spacial score (nSPS) is 15.2. The van der Waals surface area contributed by atoms with Crippen LogP contribution in [0.5, 0.6) is 0 Å². The molecule has 0 N–H and O–H groups in total. The van der Waals surface area contributed by atoms with Crippen LogP contribution in [0.1, 0.15) is 33.4 Å². The van der Waals surface area contributed by atoms with Gasteiger partial charge in [-0.3, -0.25) is 10.1 Å². The molecule has 0 amide bonds. The number of ether oxygens (including phenoxy) is 2. The van der Waals surface area contributed by atoms with Gasteiger partial charge in [-0.2, -0.15) is 0 Å². The third-order valence-corrected chi connectivity index (χ3v) is 6.40. The van der Waals surface area contributed by atoms with Crippen LogP contribution >= 0.6 is 11.3 Å². The van der Waals surface area contributed by atoms with Crippen LogP contribution in [-0.4, -0.2) is 22.9 Å². The number of fused-ring (bicyclic) bond motifs is 3. The van der Waals surface area contributed by atoms with Gasteiger partial charge in [0.05, 0.1) is 22.1 Å². The molecule has 1 aliphatic heterocycles. The Morgan fingerprint density at radius 1 is 1.16 bits per heavy atom. The minimum absolute atomic E-state index is 0.0218. The highest BCUT2D eigenvalue weighted by atomic mass is 32.1. The number of aliphatic imine (C=N–C) groups is 1. The third kappa shape index (κ3) is 3.53. The Balaban J connectivity index is 1.73. The van der Waals surface area contributed by atoms with E-state index in [-0.39, 0.29) is 11.8 Å². The van der Waals surface area contributed by atoms with Gasteiger partial charge in [-0.1, -0.05) is 30.3 Å². The van der Waals surface area contributed by atoms with Crippen molar-refractivity contribution >= 4 is 38.8 Å². The monoisotopic (exact) mass is 445 g/mol. The zero-order valence-electron chi connectivity index (χ0n) is 17.4. The number of aromatic nitrogens is 1. The number of rotatable bonds is 5. The lowest BCUT2D eigenvalue weighted by Gasteiger charge is -2.24. The highest BCUT2D eigenvalue weighted by Gasteiger charge is 2.31. The average molecular weight is 446 g/mol. The van der Waals surface area contributed by atoms with Crippen LogP contribution in [0.3, 0.4) is 0 Å². The Hall–Kier alpha value is -3.62. The van der Waals surface area contributed by atoms with E-state index in [0.717, 1.165) is 37.6 Å². The smallest absolute Gasteiger partial charge is 0.269 e. The molecule has 0 saturated carbocycles. The molecular formula is C24H19N3O4S. The molecule has 0 saturated heterocycles. The van der Waals surface area contributed by atoms with Crippen LogP contribution < -0.4 is 0 Å². The van der Waals surface area contributed by atoms with E-state index in [1.807, 2.05) is 43.3 Å². The predicted octanol–water partition coefficient (Wildman–Crippen LogP) is 5.86. The number of nitrogens with zero attached hydrogens (tertiary/aromatic N) is 3. The number of pyridine rings is 1. The summed E-state index contributed by atoms with van der Waals surface area (Å²) in [5, 5.41) is 12.0. The first-order valence-corrected chi connectivity index (χ1v) is 10.8. The molecule has 0 fully saturated rings. The maximum absolute atomic E-state index is 11.1. The molecule has 4 aromatic rings. The number of nitro groups is 1. The molecule has 0 spiro atoms. The van der Waals surface area contributed by atoms with E-state index in [4.69, 9.17) is 19.5 Å². The van der Waals surface area contributed by atoms with E-state index in [2.05, 4.69) is 0 Å². The first kappa shape index (κ1) is 20.3. The second-order valence-corrected chi connectivity index (χ2v) is 8.51.